The molecule has 0 fully saturated rings. The zero-order chi connectivity index (χ0) is 24.3. The van der Waals surface area contributed by atoms with Crippen molar-refractivity contribution in [3.05, 3.63) is 75.2 Å². The molecule has 0 amide bonds. The zero-order valence-electron chi connectivity index (χ0n) is 15.9. The Labute approximate surface area is 189 Å². The molecule has 3 rings (SSSR count). The minimum Gasteiger partial charge on any atom is -0.493 e. The number of benzene rings is 2. The van der Waals surface area contributed by atoms with Crippen molar-refractivity contribution in [1.82, 2.24) is 9.78 Å². The number of carbonyl (C=O) groups excluding carboxylic acids is 1. The van der Waals surface area contributed by atoms with Gasteiger partial charge in [0.05, 0.1) is 5.69 Å². The molecule has 0 radical (unpaired) electrons. The number of alkyl halides is 3. The summed E-state index contributed by atoms with van der Waals surface area (Å²) in [5.41, 5.74) is -6.77. The van der Waals surface area contributed by atoms with Crippen LogP contribution >= 0.6 is 0 Å². The van der Waals surface area contributed by atoms with Crippen molar-refractivity contribution in [2.45, 2.75) is 13.1 Å². The summed E-state index contributed by atoms with van der Waals surface area (Å²) in [6.45, 7) is 0.909. The predicted molar refractivity (Wildman–Crippen MR) is 84.5 cm³/mol. The number of rotatable bonds is 3. The minimum atomic E-state index is -5.44. The van der Waals surface area contributed by atoms with E-state index in [0.29, 0.717) is 0 Å². The Morgan fingerprint density at radius 3 is 1.73 bits per heavy atom. The molecule has 172 valence electrons. The molecule has 3 aromatic rings. The summed E-state index contributed by atoms with van der Waals surface area (Å²) in [4.78, 5) is 12.5. The first kappa shape index (κ1) is 26.3. The van der Waals surface area contributed by atoms with E-state index in [0.717, 1.165) is 6.92 Å². The van der Waals surface area contributed by atoms with Crippen LogP contribution in [-0.4, -0.2) is 20.7 Å². The largest absolute Gasteiger partial charge is 0.493 e. The Balaban J connectivity index is 0.00000385. The molecule has 15 heteroatoms. The first-order chi connectivity index (χ1) is 14.7. The number of halogens is 10. The van der Waals surface area contributed by atoms with Crippen LogP contribution in [0.2, 0.25) is 0 Å². The maximum atomic E-state index is 14.0. The zero-order valence-corrected chi connectivity index (χ0v) is 18.9. The molecule has 1 N–H and O–H groups in total. The second-order valence-electron chi connectivity index (χ2n) is 6.26. The van der Waals surface area contributed by atoms with Crippen molar-refractivity contribution in [1.29, 1.82) is 0 Å². The summed E-state index contributed by atoms with van der Waals surface area (Å²) < 4.78 is 133. The topological polar surface area (TPSA) is 55.1 Å². The van der Waals surface area contributed by atoms with Gasteiger partial charge in [0, 0.05) is 25.0 Å². The maximum absolute atomic E-state index is 14.0. The van der Waals surface area contributed by atoms with Crippen molar-refractivity contribution >= 4 is 5.78 Å². The van der Waals surface area contributed by atoms with Crippen LogP contribution in [0.3, 0.4) is 0 Å². The molecular formula is C18H6F10N2O2Zn. The van der Waals surface area contributed by atoms with Gasteiger partial charge in [-0.2, -0.15) is 23.0 Å². The first-order valence-corrected chi connectivity index (χ1v) is 8.09. The molecule has 0 saturated carbocycles. The first-order valence-electron chi connectivity index (χ1n) is 8.09. The van der Waals surface area contributed by atoms with Crippen LogP contribution < -0.4 is 0 Å². The van der Waals surface area contributed by atoms with Gasteiger partial charge in [0.2, 0.25) is 17.5 Å². The summed E-state index contributed by atoms with van der Waals surface area (Å²) in [5, 5.41) is 13.5. The van der Waals surface area contributed by atoms with Gasteiger partial charge in [-0.05, 0) is 19.1 Å². The number of aryl methyl sites for hydroxylation is 1. The Hall–Kier alpha value is -2.96. The minimum absolute atomic E-state index is 0. The van der Waals surface area contributed by atoms with Gasteiger partial charge in [-0.1, -0.05) is 0 Å². The van der Waals surface area contributed by atoms with E-state index in [4.69, 9.17) is 0 Å². The molecule has 0 aliphatic heterocycles. The van der Waals surface area contributed by atoms with Gasteiger partial charge in [-0.15, -0.1) is 0 Å². The van der Waals surface area contributed by atoms with E-state index < -0.39 is 86.6 Å². The van der Waals surface area contributed by atoms with Crippen LogP contribution in [0.15, 0.2) is 12.1 Å². The van der Waals surface area contributed by atoms with E-state index in [1.165, 1.54) is 0 Å². The van der Waals surface area contributed by atoms with Crippen LogP contribution in [0.25, 0.3) is 5.69 Å². The van der Waals surface area contributed by atoms with E-state index in [1.807, 2.05) is 0 Å². The molecule has 0 aliphatic carbocycles. The molecule has 33 heavy (non-hydrogen) atoms. The molecular weight excluding hydrogens is 532 g/mol. The van der Waals surface area contributed by atoms with E-state index in [-0.39, 0.29) is 36.3 Å². The number of hydrogen-bond acceptors (Lipinski definition) is 3. The molecule has 0 atom stereocenters. The number of nitrogens with zero attached hydrogens (tertiary/aromatic N) is 2. The molecule has 0 spiro atoms. The molecule has 0 aliphatic rings. The Morgan fingerprint density at radius 2 is 1.30 bits per heavy atom. The fourth-order valence-corrected chi connectivity index (χ4v) is 2.84. The van der Waals surface area contributed by atoms with E-state index in [9.17, 15) is 53.8 Å². The van der Waals surface area contributed by atoms with E-state index in [1.54, 1.807) is 0 Å². The van der Waals surface area contributed by atoms with Crippen molar-refractivity contribution in [2.75, 3.05) is 0 Å². The Kier molecular flexibility index (Phi) is 6.99. The fraction of sp³-hybridized carbons (Fsp3) is 0.111. The second-order valence-corrected chi connectivity index (χ2v) is 6.26. The van der Waals surface area contributed by atoms with Gasteiger partial charge in [0.25, 0.3) is 0 Å². The van der Waals surface area contributed by atoms with Gasteiger partial charge >= 0.3 is 6.18 Å². The maximum Gasteiger partial charge on any atom is 0.422 e. The molecule has 4 nitrogen and oxygen atoms in total. The van der Waals surface area contributed by atoms with Gasteiger partial charge < -0.3 is 5.11 Å². The summed E-state index contributed by atoms with van der Waals surface area (Å²) in [7, 11) is 0. The van der Waals surface area contributed by atoms with Crippen molar-refractivity contribution in [3.63, 3.8) is 0 Å². The van der Waals surface area contributed by atoms with Crippen LogP contribution in [0, 0.1) is 47.6 Å². The number of ketones is 1. The van der Waals surface area contributed by atoms with E-state index >= 15 is 0 Å². The molecule has 2 aromatic carbocycles. The van der Waals surface area contributed by atoms with Gasteiger partial charge in [0.1, 0.15) is 28.4 Å². The van der Waals surface area contributed by atoms with Crippen molar-refractivity contribution in [3.8, 4) is 11.6 Å². The third-order valence-corrected chi connectivity index (χ3v) is 4.25. The van der Waals surface area contributed by atoms with Crippen LogP contribution in [0.1, 0.15) is 27.2 Å². The molecule has 0 saturated heterocycles. The monoisotopic (exact) mass is 536 g/mol. The summed E-state index contributed by atoms with van der Waals surface area (Å²) >= 11 is 0. The van der Waals surface area contributed by atoms with Crippen LogP contribution in [-0.2, 0) is 25.7 Å². The Morgan fingerprint density at radius 1 is 0.879 bits per heavy atom. The molecule has 0 bridgehead atoms. The smallest absolute Gasteiger partial charge is 0.422 e. The van der Waals surface area contributed by atoms with Gasteiger partial charge in [0.15, 0.2) is 23.3 Å². The molecule has 1 aromatic heterocycles. The summed E-state index contributed by atoms with van der Waals surface area (Å²) in [5.74, 6) is -19.6. The molecule has 0 unspecified atom stereocenters. The SMILES string of the molecule is Cc1nn(-c2c(F)c(F)c(F)c(F)c2F)c(O)c1C(=O)c1cc(F)c(C(F)(F)F)c(F)c1.[Zn]. The standard InChI is InChI=1S/C18H6F10N2O2.Zn/c1-4-8(16(31)5-2-6(19)9(7(20)3-5)18(26,27)28)17(32)30(29-4)15-13(24)11(22)10(21)12(23)14(15)25;/h2-3,32H,1H3;. The third-order valence-electron chi connectivity index (χ3n) is 4.25. The average molecular weight is 538 g/mol. The van der Waals surface area contributed by atoms with Gasteiger partial charge in [-0.3, -0.25) is 4.79 Å². The van der Waals surface area contributed by atoms with Gasteiger partial charge in [-0.25, -0.2) is 30.7 Å². The second kappa shape index (κ2) is 8.77. The van der Waals surface area contributed by atoms with E-state index in [2.05, 4.69) is 5.10 Å². The predicted octanol–water partition coefficient (Wildman–Crippen LogP) is 5.11. The fourth-order valence-electron chi connectivity index (χ4n) is 2.84. The number of aromatic hydroxyl groups is 1. The third kappa shape index (κ3) is 4.21. The van der Waals surface area contributed by atoms with Crippen molar-refractivity contribution in [2.24, 2.45) is 0 Å². The molecule has 1 heterocycles. The summed E-state index contributed by atoms with van der Waals surface area (Å²) in [6, 6.07) is -0.0221. The van der Waals surface area contributed by atoms with Crippen LogP contribution in [0.4, 0.5) is 43.9 Å². The quantitative estimate of drug-likeness (QED) is 0.166. The van der Waals surface area contributed by atoms with Crippen LogP contribution in [0.5, 0.6) is 5.88 Å². The normalized spacial score (nSPS) is 11.5. The number of hydrogen-bond donors (Lipinski definition) is 1. The van der Waals surface area contributed by atoms with Crippen molar-refractivity contribution < 1.29 is 73.3 Å². The number of aromatic nitrogens is 2. The average Bonchev–Trinajstić information content (AvgIpc) is 2.96. The summed E-state index contributed by atoms with van der Waals surface area (Å²) in [6.07, 6.45) is -5.44. The Bertz CT molecular complexity index is 1230. The number of carbonyl (C=O) groups is 1.